The van der Waals surface area contributed by atoms with Crippen molar-refractivity contribution >= 4 is 18.5 Å². The lowest BCUT2D eigenvalue weighted by Gasteiger charge is -2.17. The van der Waals surface area contributed by atoms with Crippen LogP contribution < -0.4 is 5.32 Å². The molecule has 1 unspecified atom stereocenters. The van der Waals surface area contributed by atoms with E-state index in [2.05, 4.69) is 31.8 Å². The molecule has 84 valence electrons. The lowest BCUT2D eigenvalue weighted by atomic mass is 10.1. The van der Waals surface area contributed by atoms with Crippen molar-refractivity contribution in [1.82, 2.24) is 5.32 Å². The van der Waals surface area contributed by atoms with Gasteiger partial charge in [-0.1, -0.05) is 33.1 Å². The number of carbonyl (C=O) groups is 1. The summed E-state index contributed by atoms with van der Waals surface area (Å²) in [6, 6.07) is 0.382. The van der Waals surface area contributed by atoms with Crippen molar-refractivity contribution in [1.29, 1.82) is 0 Å². The lowest BCUT2D eigenvalue weighted by molar-refractivity contribution is -0.121. The summed E-state index contributed by atoms with van der Waals surface area (Å²) >= 11 is 4.04. The Bertz CT molecular complexity index is 150. The number of amides is 1. The summed E-state index contributed by atoms with van der Waals surface area (Å²) in [4.78, 5) is 11.3. The van der Waals surface area contributed by atoms with Crippen molar-refractivity contribution in [2.45, 2.75) is 58.4 Å². The van der Waals surface area contributed by atoms with E-state index in [1.54, 1.807) is 0 Å². The maximum absolute atomic E-state index is 11.3. The Kier molecular flexibility index (Phi) is 9.26. The first-order valence-corrected chi connectivity index (χ1v) is 6.28. The summed E-state index contributed by atoms with van der Waals surface area (Å²) in [5.41, 5.74) is 0. The van der Waals surface area contributed by atoms with Gasteiger partial charge in [0, 0.05) is 12.5 Å². The third-order valence-electron chi connectivity index (χ3n) is 2.25. The van der Waals surface area contributed by atoms with Crippen LogP contribution in [0.2, 0.25) is 0 Å². The Labute approximate surface area is 93.3 Å². The fourth-order valence-corrected chi connectivity index (χ4v) is 1.69. The summed E-state index contributed by atoms with van der Waals surface area (Å²) in [7, 11) is 0. The molecule has 1 N–H and O–H groups in total. The van der Waals surface area contributed by atoms with Gasteiger partial charge in [-0.15, -0.1) is 0 Å². The van der Waals surface area contributed by atoms with Gasteiger partial charge in [0.15, 0.2) is 0 Å². The molecule has 0 aromatic heterocycles. The summed E-state index contributed by atoms with van der Waals surface area (Å²) in [5, 5.41) is 3.07. The van der Waals surface area contributed by atoms with E-state index in [0.29, 0.717) is 18.2 Å². The fraction of sp³-hybridized carbons (Fsp3) is 0.909. The van der Waals surface area contributed by atoms with E-state index in [-0.39, 0.29) is 5.91 Å². The minimum absolute atomic E-state index is 0.148. The fourth-order valence-electron chi connectivity index (χ4n) is 1.49. The van der Waals surface area contributed by atoms with Crippen LogP contribution in [0.25, 0.3) is 0 Å². The van der Waals surface area contributed by atoms with Gasteiger partial charge in [-0.25, -0.2) is 0 Å². The van der Waals surface area contributed by atoms with Crippen LogP contribution in [0.3, 0.4) is 0 Å². The molecule has 0 fully saturated rings. The maximum atomic E-state index is 11.3. The molecule has 0 aliphatic heterocycles. The number of unbranched alkanes of at least 4 members (excludes halogenated alkanes) is 1. The first-order valence-electron chi connectivity index (χ1n) is 5.64. The number of nitrogens with one attached hydrogen (secondary N) is 1. The zero-order valence-electron chi connectivity index (χ0n) is 9.38. The normalized spacial score (nSPS) is 12.5. The predicted octanol–water partition coefficient (Wildman–Crippen LogP) is 2.78. The standard InChI is InChI=1S/C11H23NOS/c1-3-5-7-10(6-4-2)12-11(13)8-9-14/h10,14H,3-9H2,1-2H3,(H,12,13). The molecule has 0 saturated carbocycles. The van der Waals surface area contributed by atoms with E-state index in [4.69, 9.17) is 0 Å². The molecule has 0 saturated heterocycles. The molecule has 14 heavy (non-hydrogen) atoms. The van der Waals surface area contributed by atoms with E-state index in [0.717, 1.165) is 19.3 Å². The molecule has 0 rings (SSSR count). The molecule has 0 aromatic rings. The number of thiol groups is 1. The van der Waals surface area contributed by atoms with Crippen molar-refractivity contribution in [3.05, 3.63) is 0 Å². The predicted molar refractivity (Wildman–Crippen MR) is 64.8 cm³/mol. The average molecular weight is 217 g/mol. The second-order valence-corrected chi connectivity index (χ2v) is 4.12. The molecule has 3 heteroatoms. The Morgan fingerprint density at radius 3 is 2.50 bits per heavy atom. The minimum atomic E-state index is 0.148. The highest BCUT2D eigenvalue weighted by Gasteiger charge is 2.09. The lowest BCUT2D eigenvalue weighted by Crippen LogP contribution is -2.34. The molecule has 0 bridgehead atoms. The van der Waals surface area contributed by atoms with Crippen LogP contribution in [0, 0.1) is 0 Å². The average Bonchev–Trinajstić information content (AvgIpc) is 2.15. The van der Waals surface area contributed by atoms with Crippen molar-refractivity contribution in [3.63, 3.8) is 0 Å². The van der Waals surface area contributed by atoms with Gasteiger partial charge in [0.2, 0.25) is 5.91 Å². The quantitative estimate of drug-likeness (QED) is 0.601. The van der Waals surface area contributed by atoms with Gasteiger partial charge in [-0.3, -0.25) is 4.79 Å². The summed E-state index contributed by atoms with van der Waals surface area (Å²) in [6.07, 6.45) is 6.28. The van der Waals surface area contributed by atoms with Crippen LogP contribution >= 0.6 is 12.6 Å². The first kappa shape index (κ1) is 13.8. The largest absolute Gasteiger partial charge is 0.353 e. The summed E-state index contributed by atoms with van der Waals surface area (Å²) in [6.45, 7) is 4.34. The van der Waals surface area contributed by atoms with Gasteiger partial charge >= 0.3 is 0 Å². The Morgan fingerprint density at radius 1 is 1.29 bits per heavy atom. The molecular weight excluding hydrogens is 194 g/mol. The Balaban J connectivity index is 3.75. The highest BCUT2D eigenvalue weighted by Crippen LogP contribution is 2.07. The minimum Gasteiger partial charge on any atom is -0.353 e. The van der Waals surface area contributed by atoms with Crippen LogP contribution in [-0.4, -0.2) is 17.7 Å². The van der Waals surface area contributed by atoms with E-state index >= 15 is 0 Å². The summed E-state index contributed by atoms with van der Waals surface area (Å²) < 4.78 is 0. The van der Waals surface area contributed by atoms with E-state index in [9.17, 15) is 4.79 Å². The zero-order chi connectivity index (χ0) is 10.8. The summed E-state index contributed by atoms with van der Waals surface area (Å²) in [5.74, 6) is 0.785. The van der Waals surface area contributed by atoms with Crippen LogP contribution in [0.4, 0.5) is 0 Å². The monoisotopic (exact) mass is 217 g/mol. The number of carbonyl (C=O) groups excluding carboxylic acids is 1. The highest BCUT2D eigenvalue weighted by atomic mass is 32.1. The molecular formula is C11H23NOS. The Hall–Kier alpha value is -0.180. The van der Waals surface area contributed by atoms with Crippen molar-refractivity contribution in [3.8, 4) is 0 Å². The molecule has 0 aliphatic carbocycles. The molecule has 1 amide bonds. The molecule has 1 atom stereocenters. The van der Waals surface area contributed by atoms with Gasteiger partial charge in [0.25, 0.3) is 0 Å². The van der Waals surface area contributed by atoms with Gasteiger partial charge < -0.3 is 5.32 Å². The molecule has 0 aliphatic rings. The second-order valence-electron chi connectivity index (χ2n) is 3.67. The number of hydrogen-bond acceptors (Lipinski definition) is 2. The highest BCUT2D eigenvalue weighted by molar-refractivity contribution is 7.80. The van der Waals surface area contributed by atoms with Gasteiger partial charge in [0.05, 0.1) is 0 Å². The van der Waals surface area contributed by atoms with Crippen LogP contribution in [0.5, 0.6) is 0 Å². The molecule has 0 heterocycles. The van der Waals surface area contributed by atoms with Crippen LogP contribution in [0.15, 0.2) is 0 Å². The smallest absolute Gasteiger partial charge is 0.221 e. The van der Waals surface area contributed by atoms with E-state index < -0.39 is 0 Å². The molecule has 0 radical (unpaired) electrons. The third kappa shape index (κ3) is 7.25. The van der Waals surface area contributed by atoms with Crippen LogP contribution in [-0.2, 0) is 4.79 Å². The van der Waals surface area contributed by atoms with E-state index in [1.165, 1.54) is 12.8 Å². The molecule has 0 aromatic carbocycles. The van der Waals surface area contributed by atoms with Crippen LogP contribution in [0.1, 0.15) is 52.4 Å². The number of rotatable bonds is 8. The van der Waals surface area contributed by atoms with E-state index in [1.807, 2.05) is 0 Å². The van der Waals surface area contributed by atoms with Crippen molar-refractivity contribution < 1.29 is 4.79 Å². The first-order chi connectivity index (χ1) is 6.74. The van der Waals surface area contributed by atoms with Gasteiger partial charge in [-0.2, -0.15) is 12.6 Å². The van der Waals surface area contributed by atoms with Crippen molar-refractivity contribution in [2.24, 2.45) is 0 Å². The number of hydrogen-bond donors (Lipinski definition) is 2. The van der Waals surface area contributed by atoms with Gasteiger partial charge in [0.1, 0.15) is 0 Å². The molecule has 2 nitrogen and oxygen atoms in total. The topological polar surface area (TPSA) is 29.1 Å². The van der Waals surface area contributed by atoms with Crippen molar-refractivity contribution in [2.75, 3.05) is 5.75 Å². The van der Waals surface area contributed by atoms with Gasteiger partial charge in [-0.05, 0) is 18.6 Å². The second kappa shape index (κ2) is 9.38. The maximum Gasteiger partial charge on any atom is 0.221 e. The Morgan fingerprint density at radius 2 is 2.00 bits per heavy atom. The third-order valence-corrected chi connectivity index (χ3v) is 2.47. The molecule has 0 spiro atoms. The SMILES string of the molecule is CCCCC(CCC)NC(=O)CCS. The zero-order valence-corrected chi connectivity index (χ0v) is 10.3.